The van der Waals surface area contributed by atoms with E-state index in [4.69, 9.17) is 0 Å². The van der Waals surface area contributed by atoms with Crippen LogP contribution in [0.5, 0.6) is 0 Å². The zero-order valence-corrected chi connectivity index (χ0v) is 9.76. The minimum Gasteiger partial charge on any atom is -0.396 e. The number of likely N-dealkylation sites (tertiary alicyclic amines) is 1. The van der Waals surface area contributed by atoms with Crippen molar-refractivity contribution in [2.75, 3.05) is 26.7 Å². The van der Waals surface area contributed by atoms with Crippen molar-refractivity contribution in [2.24, 2.45) is 5.92 Å². The second-order valence-corrected chi connectivity index (χ2v) is 4.52. The molecule has 1 aliphatic heterocycles. The Kier molecular flexibility index (Phi) is 3.93. The first-order valence-corrected chi connectivity index (χ1v) is 5.88. The van der Waals surface area contributed by atoms with E-state index in [1.54, 1.807) is 0 Å². The Morgan fingerprint density at radius 1 is 1.31 bits per heavy atom. The third kappa shape index (κ3) is 2.61. The van der Waals surface area contributed by atoms with Gasteiger partial charge in [-0.15, -0.1) is 0 Å². The van der Waals surface area contributed by atoms with E-state index >= 15 is 0 Å². The standard InChI is InChI=1S/C13H20N2O/c1-14-13-9-15(8-12(13)10-16)7-11-5-3-2-4-6-11/h2-6,12-14,16H,7-10H2,1H3. The summed E-state index contributed by atoms with van der Waals surface area (Å²) in [7, 11) is 1.97. The number of hydrogen-bond acceptors (Lipinski definition) is 3. The zero-order valence-electron chi connectivity index (χ0n) is 9.76. The Morgan fingerprint density at radius 3 is 2.62 bits per heavy atom. The topological polar surface area (TPSA) is 35.5 Å². The summed E-state index contributed by atoms with van der Waals surface area (Å²) in [5.41, 5.74) is 1.34. The molecule has 3 heteroatoms. The lowest BCUT2D eigenvalue weighted by Crippen LogP contribution is -2.34. The molecule has 0 amide bonds. The number of benzene rings is 1. The van der Waals surface area contributed by atoms with Crippen LogP contribution < -0.4 is 5.32 Å². The van der Waals surface area contributed by atoms with Gasteiger partial charge in [0, 0.05) is 38.2 Å². The highest BCUT2D eigenvalue weighted by atomic mass is 16.3. The molecule has 2 unspecified atom stereocenters. The van der Waals surface area contributed by atoms with Gasteiger partial charge < -0.3 is 10.4 Å². The van der Waals surface area contributed by atoms with Crippen LogP contribution in [0.1, 0.15) is 5.56 Å². The molecule has 1 aromatic rings. The van der Waals surface area contributed by atoms with E-state index in [0.29, 0.717) is 12.0 Å². The van der Waals surface area contributed by atoms with Crippen LogP contribution >= 0.6 is 0 Å². The van der Waals surface area contributed by atoms with Crippen LogP contribution in [0.15, 0.2) is 30.3 Å². The Labute approximate surface area is 97.1 Å². The normalized spacial score (nSPS) is 26.1. The van der Waals surface area contributed by atoms with Crippen LogP contribution in [0.3, 0.4) is 0 Å². The maximum atomic E-state index is 9.28. The average molecular weight is 220 g/mol. The van der Waals surface area contributed by atoms with E-state index in [0.717, 1.165) is 19.6 Å². The van der Waals surface area contributed by atoms with Crippen molar-refractivity contribution in [3.8, 4) is 0 Å². The number of nitrogens with zero attached hydrogens (tertiary/aromatic N) is 1. The second kappa shape index (κ2) is 5.43. The molecule has 2 atom stereocenters. The van der Waals surface area contributed by atoms with Crippen molar-refractivity contribution in [2.45, 2.75) is 12.6 Å². The fraction of sp³-hybridized carbons (Fsp3) is 0.538. The van der Waals surface area contributed by atoms with Crippen LogP contribution in [0.4, 0.5) is 0 Å². The lowest BCUT2D eigenvalue weighted by molar-refractivity contribution is 0.209. The number of aliphatic hydroxyl groups excluding tert-OH is 1. The van der Waals surface area contributed by atoms with Gasteiger partial charge in [0.1, 0.15) is 0 Å². The largest absolute Gasteiger partial charge is 0.396 e. The van der Waals surface area contributed by atoms with Crippen LogP contribution in [-0.2, 0) is 6.54 Å². The van der Waals surface area contributed by atoms with Gasteiger partial charge in [0.2, 0.25) is 0 Å². The molecular weight excluding hydrogens is 200 g/mol. The lowest BCUT2D eigenvalue weighted by atomic mass is 10.1. The van der Waals surface area contributed by atoms with Gasteiger partial charge in [-0.05, 0) is 12.6 Å². The molecule has 1 aromatic carbocycles. The van der Waals surface area contributed by atoms with Gasteiger partial charge in [-0.2, -0.15) is 0 Å². The van der Waals surface area contributed by atoms with E-state index in [9.17, 15) is 5.11 Å². The summed E-state index contributed by atoms with van der Waals surface area (Å²) in [4.78, 5) is 2.40. The minimum atomic E-state index is 0.275. The number of hydrogen-bond donors (Lipinski definition) is 2. The van der Waals surface area contributed by atoms with Crippen LogP contribution in [0.25, 0.3) is 0 Å². The quantitative estimate of drug-likeness (QED) is 0.784. The maximum Gasteiger partial charge on any atom is 0.0486 e. The van der Waals surface area contributed by atoms with Gasteiger partial charge in [-0.1, -0.05) is 30.3 Å². The molecule has 1 aliphatic rings. The highest BCUT2D eigenvalue weighted by molar-refractivity contribution is 5.14. The summed E-state index contributed by atoms with van der Waals surface area (Å²) in [6.07, 6.45) is 0. The Balaban J connectivity index is 1.93. The van der Waals surface area contributed by atoms with Crippen molar-refractivity contribution in [3.63, 3.8) is 0 Å². The zero-order chi connectivity index (χ0) is 11.4. The Bertz CT molecular complexity index is 303. The summed E-state index contributed by atoms with van der Waals surface area (Å²) in [6.45, 7) is 3.26. The fourth-order valence-corrected chi connectivity index (χ4v) is 2.44. The molecule has 0 spiro atoms. The van der Waals surface area contributed by atoms with Crippen molar-refractivity contribution >= 4 is 0 Å². The van der Waals surface area contributed by atoms with E-state index in [2.05, 4.69) is 34.5 Å². The summed E-state index contributed by atoms with van der Waals surface area (Å²) in [5, 5.41) is 12.6. The lowest BCUT2D eigenvalue weighted by Gasteiger charge is -2.15. The van der Waals surface area contributed by atoms with Crippen molar-refractivity contribution in [1.82, 2.24) is 10.2 Å². The van der Waals surface area contributed by atoms with E-state index in [1.165, 1.54) is 5.56 Å². The Hall–Kier alpha value is -0.900. The first kappa shape index (κ1) is 11.6. The SMILES string of the molecule is CNC1CN(Cc2ccccc2)CC1CO. The van der Waals surface area contributed by atoms with E-state index in [-0.39, 0.29) is 6.61 Å². The molecule has 1 heterocycles. The monoisotopic (exact) mass is 220 g/mol. The summed E-state index contributed by atoms with van der Waals surface area (Å²) in [6, 6.07) is 10.9. The predicted octanol–water partition coefficient (Wildman–Crippen LogP) is 0.699. The highest BCUT2D eigenvalue weighted by Crippen LogP contribution is 2.18. The maximum absolute atomic E-state index is 9.28. The molecule has 0 radical (unpaired) electrons. The van der Waals surface area contributed by atoms with Crippen LogP contribution in [-0.4, -0.2) is 42.8 Å². The van der Waals surface area contributed by atoms with Gasteiger partial charge in [-0.3, -0.25) is 4.90 Å². The fourth-order valence-electron chi connectivity index (χ4n) is 2.44. The number of rotatable bonds is 4. The van der Waals surface area contributed by atoms with Crippen LogP contribution in [0.2, 0.25) is 0 Å². The third-order valence-electron chi connectivity index (χ3n) is 3.37. The molecule has 0 saturated carbocycles. The van der Waals surface area contributed by atoms with Crippen molar-refractivity contribution in [3.05, 3.63) is 35.9 Å². The molecule has 0 bridgehead atoms. The molecule has 88 valence electrons. The molecule has 16 heavy (non-hydrogen) atoms. The second-order valence-electron chi connectivity index (χ2n) is 4.52. The smallest absolute Gasteiger partial charge is 0.0486 e. The molecule has 2 N–H and O–H groups in total. The van der Waals surface area contributed by atoms with Gasteiger partial charge in [0.25, 0.3) is 0 Å². The minimum absolute atomic E-state index is 0.275. The molecule has 0 aliphatic carbocycles. The average Bonchev–Trinajstić information content (AvgIpc) is 2.72. The van der Waals surface area contributed by atoms with E-state index in [1.807, 2.05) is 13.1 Å². The van der Waals surface area contributed by atoms with Gasteiger partial charge in [0.05, 0.1) is 0 Å². The first-order chi connectivity index (χ1) is 7.83. The summed E-state index contributed by atoms with van der Waals surface area (Å²) >= 11 is 0. The summed E-state index contributed by atoms with van der Waals surface area (Å²) in [5.74, 6) is 0.369. The van der Waals surface area contributed by atoms with Gasteiger partial charge in [0.15, 0.2) is 0 Å². The third-order valence-corrected chi connectivity index (χ3v) is 3.37. The molecule has 2 rings (SSSR count). The molecule has 1 saturated heterocycles. The van der Waals surface area contributed by atoms with Crippen molar-refractivity contribution < 1.29 is 5.11 Å². The van der Waals surface area contributed by atoms with Gasteiger partial charge >= 0.3 is 0 Å². The Morgan fingerprint density at radius 2 is 2.06 bits per heavy atom. The predicted molar refractivity (Wildman–Crippen MR) is 65.1 cm³/mol. The molecule has 0 aromatic heterocycles. The van der Waals surface area contributed by atoms with Gasteiger partial charge in [-0.25, -0.2) is 0 Å². The molecular formula is C13H20N2O. The summed E-state index contributed by atoms with van der Waals surface area (Å²) < 4.78 is 0. The van der Waals surface area contributed by atoms with E-state index < -0.39 is 0 Å². The molecule has 3 nitrogen and oxygen atoms in total. The number of aliphatic hydroxyl groups is 1. The number of nitrogens with one attached hydrogen (secondary N) is 1. The number of likely N-dealkylation sites (N-methyl/N-ethyl adjacent to an activating group) is 1. The van der Waals surface area contributed by atoms with Crippen molar-refractivity contribution in [1.29, 1.82) is 0 Å². The van der Waals surface area contributed by atoms with Crippen LogP contribution in [0, 0.1) is 5.92 Å². The first-order valence-electron chi connectivity index (χ1n) is 5.88. The molecule has 1 fully saturated rings. The highest BCUT2D eigenvalue weighted by Gasteiger charge is 2.30.